The summed E-state index contributed by atoms with van der Waals surface area (Å²) in [5.74, 6) is 4.18. The molecule has 21 heavy (non-hydrogen) atoms. The molecule has 112 valence electrons. The van der Waals surface area contributed by atoms with Gasteiger partial charge in [0.25, 0.3) is 0 Å². The van der Waals surface area contributed by atoms with Crippen molar-refractivity contribution in [1.82, 2.24) is 5.43 Å². The van der Waals surface area contributed by atoms with Crippen molar-refractivity contribution in [1.29, 1.82) is 0 Å². The van der Waals surface area contributed by atoms with Gasteiger partial charge >= 0.3 is 0 Å². The molecule has 0 aromatic heterocycles. The SMILES string of the molecule is NNC(Cc1c(F)ccc(Br)c1F)c1c(Cl)cccc1Cl. The van der Waals surface area contributed by atoms with Gasteiger partial charge in [0.05, 0.1) is 10.5 Å². The van der Waals surface area contributed by atoms with E-state index in [9.17, 15) is 8.78 Å². The van der Waals surface area contributed by atoms with Crippen LogP contribution in [0.15, 0.2) is 34.8 Å². The first-order valence-corrected chi connectivity index (χ1v) is 7.53. The predicted octanol–water partition coefficient (Wildman–Crippen LogP) is 4.78. The minimum atomic E-state index is -0.668. The third-order valence-electron chi connectivity index (χ3n) is 3.10. The molecule has 2 rings (SSSR count). The van der Waals surface area contributed by atoms with E-state index in [1.165, 1.54) is 12.1 Å². The smallest absolute Gasteiger partial charge is 0.143 e. The van der Waals surface area contributed by atoms with Crippen LogP contribution in [0.5, 0.6) is 0 Å². The van der Waals surface area contributed by atoms with E-state index >= 15 is 0 Å². The van der Waals surface area contributed by atoms with Crippen LogP contribution in [0.1, 0.15) is 17.2 Å². The van der Waals surface area contributed by atoms with E-state index in [1.807, 2.05) is 0 Å². The van der Waals surface area contributed by atoms with Crippen molar-refractivity contribution in [2.75, 3.05) is 0 Å². The maximum atomic E-state index is 14.1. The topological polar surface area (TPSA) is 38.0 Å². The molecule has 0 radical (unpaired) electrons. The van der Waals surface area contributed by atoms with Gasteiger partial charge < -0.3 is 0 Å². The lowest BCUT2D eigenvalue weighted by molar-refractivity contribution is 0.498. The van der Waals surface area contributed by atoms with Gasteiger partial charge in [0, 0.05) is 21.2 Å². The number of rotatable bonds is 4. The molecule has 2 aromatic rings. The van der Waals surface area contributed by atoms with E-state index in [1.54, 1.807) is 18.2 Å². The molecule has 0 bridgehead atoms. The van der Waals surface area contributed by atoms with E-state index in [2.05, 4.69) is 21.4 Å². The second-order valence-electron chi connectivity index (χ2n) is 4.38. The molecule has 0 aliphatic heterocycles. The lowest BCUT2D eigenvalue weighted by Gasteiger charge is -2.20. The minimum absolute atomic E-state index is 0.0307. The summed E-state index contributed by atoms with van der Waals surface area (Å²) < 4.78 is 28.1. The Bertz CT molecular complexity index is 647. The highest BCUT2D eigenvalue weighted by atomic mass is 79.9. The van der Waals surface area contributed by atoms with Crippen molar-refractivity contribution < 1.29 is 8.78 Å². The number of benzene rings is 2. The first-order chi connectivity index (χ1) is 9.95. The van der Waals surface area contributed by atoms with E-state index in [0.29, 0.717) is 15.6 Å². The molecule has 0 saturated carbocycles. The van der Waals surface area contributed by atoms with Gasteiger partial charge in [0.1, 0.15) is 11.6 Å². The van der Waals surface area contributed by atoms with Crippen molar-refractivity contribution in [2.45, 2.75) is 12.5 Å². The largest absolute Gasteiger partial charge is 0.271 e. The lowest BCUT2D eigenvalue weighted by atomic mass is 9.98. The Kier molecular flexibility index (Phi) is 5.57. The second kappa shape index (κ2) is 7.03. The summed E-state index contributed by atoms with van der Waals surface area (Å²) in [4.78, 5) is 0. The van der Waals surface area contributed by atoms with Crippen LogP contribution >= 0.6 is 39.1 Å². The molecule has 0 spiro atoms. The lowest BCUT2D eigenvalue weighted by Crippen LogP contribution is -2.30. The molecule has 0 saturated heterocycles. The molecule has 2 aromatic carbocycles. The molecule has 0 heterocycles. The van der Waals surface area contributed by atoms with Crippen molar-refractivity contribution in [3.63, 3.8) is 0 Å². The van der Waals surface area contributed by atoms with E-state index < -0.39 is 17.7 Å². The summed E-state index contributed by atoms with van der Waals surface area (Å²) in [6.45, 7) is 0. The Labute approximate surface area is 139 Å². The van der Waals surface area contributed by atoms with Crippen molar-refractivity contribution in [3.8, 4) is 0 Å². The molecule has 3 N–H and O–H groups in total. The fraction of sp³-hybridized carbons (Fsp3) is 0.143. The predicted molar refractivity (Wildman–Crippen MR) is 84.3 cm³/mol. The monoisotopic (exact) mass is 394 g/mol. The van der Waals surface area contributed by atoms with Gasteiger partial charge in [-0.2, -0.15) is 0 Å². The summed E-state index contributed by atoms with van der Waals surface area (Å²) in [7, 11) is 0. The van der Waals surface area contributed by atoms with Crippen molar-refractivity contribution >= 4 is 39.1 Å². The molecule has 1 atom stereocenters. The van der Waals surface area contributed by atoms with Gasteiger partial charge in [0.2, 0.25) is 0 Å². The first kappa shape index (κ1) is 16.6. The van der Waals surface area contributed by atoms with E-state index in [4.69, 9.17) is 29.0 Å². The number of nitrogens with two attached hydrogens (primary N) is 1. The Morgan fingerprint density at radius 1 is 1.14 bits per heavy atom. The Morgan fingerprint density at radius 3 is 2.33 bits per heavy atom. The number of halogens is 5. The Morgan fingerprint density at radius 2 is 1.76 bits per heavy atom. The summed E-state index contributed by atoms with van der Waals surface area (Å²) in [5, 5.41) is 0.752. The highest BCUT2D eigenvalue weighted by molar-refractivity contribution is 9.10. The molecular weight excluding hydrogens is 385 g/mol. The number of nitrogens with one attached hydrogen (secondary N) is 1. The number of hydrazine groups is 1. The molecule has 1 unspecified atom stereocenters. The highest BCUT2D eigenvalue weighted by Gasteiger charge is 2.22. The Hall–Kier alpha value is -0.720. The summed E-state index contributed by atoms with van der Waals surface area (Å²) in [5.41, 5.74) is 2.91. The average molecular weight is 396 g/mol. The molecule has 0 fully saturated rings. The molecule has 2 nitrogen and oxygen atoms in total. The summed E-state index contributed by atoms with van der Waals surface area (Å²) >= 11 is 15.2. The molecule has 0 aliphatic rings. The van der Waals surface area contributed by atoms with Gasteiger partial charge in [-0.1, -0.05) is 29.3 Å². The molecular formula is C14H11BrCl2F2N2. The van der Waals surface area contributed by atoms with Crippen LogP contribution in [0.3, 0.4) is 0 Å². The quantitative estimate of drug-likeness (QED) is 0.444. The third-order valence-corrected chi connectivity index (χ3v) is 4.37. The molecule has 7 heteroatoms. The van der Waals surface area contributed by atoms with Gasteiger partial charge in [-0.25, -0.2) is 8.78 Å². The van der Waals surface area contributed by atoms with Crippen LogP contribution in [-0.2, 0) is 6.42 Å². The molecule has 0 aliphatic carbocycles. The fourth-order valence-corrected chi connectivity index (χ4v) is 3.08. The van der Waals surface area contributed by atoms with Gasteiger partial charge in [-0.3, -0.25) is 11.3 Å². The van der Waals surface area contributed by atoms with Crippen LogP contribution in [0, 0.1) is 11.6 Å². The minimum Gasteiger partial charge on any atom is -0.271 e. The zero-order chi connectivity index (χ0) is 15.6. The number of hydrogen-bond acceptors (Lipinski definition) is 2. The summed E-state index contributed by atoms with van der Waals surface area (Å²) in [6, 6.07) is 6.83. The third kappa shape index (κ3) is 3.55. The maximum Gasteiger partial charge on any atom is 0.143 e. The van der Waals surface area contributed by atoms with Crippen LogP contribution in [-0.4, -0.2) is 0 Å². The zero-order valence-corrected chi connectivity index (χ0v) is 13.7. The van der Waals surface area contributed by atoms with Gasteiger partial charge in [0.15, 0.2) is 0 Å². The van der Waals surface area contributed by atoms with Crippen LogP contribution in [0.2, 0.25) is 10.0 Å². The van der Waals surface area contributed by atoms with Gasteiger partial charge in [-0.05, 0) is 46.6 Å². The fourth-order valence-electron chi connectivity index (χ4n) is 2.05. The summed E-state index contributed by atoms with van der Waals surface area (Å²) in [6.07, 6.45) is -0.0307. The van der Waals surface area contributed by atoms with Crippen LogP contribution < -0.4 is 11.3 Å². The van der Waals surface area contributed by atoms with Crippen molar-refractivity contribution in [3.05, 3.63) is 67.6 Å². The maximum absolute atomic E-state index is 14.1. The van der Waals surface area contributed by atoms with Crippen molar-refractivity contribution in [2.24, 2.45) is 5.84 Å². The average Bonchev–Trinajstić information content (AvgIpc) is 2.45. The number of hydrogen-bond donors (Lipinski definition) is 2. The van der Waals surface area contributed by atoms with E-state index in [-0.39, 0.29) is 16.5 Å². The highest BCUT2D eigenvalue weighted by Crippen LogP contribution is 2.33. The van der Waals surface area contributed by atoms with Crippen LogP contribution in [0.25, 0.3) is 0 Å². The van der Waals surface area contributed by atoms with Crippen LogP contribution in [0.4, 0.5) is 8.78 Å². The van der Waals surface area contributed by atoms with E-state index in [0.717, 1.165) is 0 Å². The van der Waals surface area contributed by atoms with Gasteiger partial charge in [-0.15, -0.1) is 0 Å². The second-order valence-corrected chi connectivity index (χ2v) is 6.05. The first-order valence-electron chi connectivity index (χ1n) is 5.98. The zero-order valence-electron chi connectivity index (χ0n) is 10.6. The Balaban J connectivity index is 2.43. The normalized spacial score (nSPS) is 12.5. The molecule has 0 amide bonds. The standard InChI is InChI=1S/C14H11BrCl2F2N2/c15-8-4-5-11(18)7(14(8)19)6-12(21-20)13-9(16)2-1-3-10(13)17/h1-5,12,21H,6,20H2.